The first-order valence-corrected chi connectivity index (χ1v) is 5.66. The van der Waals surface area contributed by atoms with Crippen molar-refractivity contribution < 1.29 is 8.94 Å². The van der Waals surface area contributed by atoms with E-state index in [-0.39, 0.29) is 0 Å². The smallest absolute Gasteiger partial charge is 0.258 e. The normalized spacial score (nSPS) is 10.3. The Kier molecular flexibility index (Phi) is 2.62. The summed E-state index contributed by atoms with van der Waals surface area (Å²) < 4.78 is 10.4. The highest BCUT2D eigenvalue weighted by atomic mass is 16.5. The van der Waals surface area contributed by atoms with Crippen molar-refractivity contribution in [1.82, 2.24) is 10.1 Å². The van der Waals surface area contributed by atoms with Gasteiger partial charge in [0.25, 0.3) is 5.89 Å². The summed E-state index contributed by atoms with van der Waals surface area (Å²) in [6, 6.07) is 10.9. The van der Waals surface area contributed by atoms with Gasteiger partial charge < -0.3 is 8.94 Å². The second-order valence-electron chi connectivity index (χ2n) is 4.01. The van der Waals surface area contributed by atoms with Crippen LogP contribution in [-0.4, -0.2) is 10.1 Å². The molecule has 0 radical (unpaired) electrons. The zero-order chi connectivity index (χ0) is 13.2. The van der Waals surface area contributed by atoms with E-state index >= 15 is 0 Å². The summed E-state index contributed by atoms with van der Waals surface area (Å²) in [4.78, 5) is 4.31. The Balaban J connectivity index is 2.02. The number of rotatable bonds is 2. The van der Waals surface area contributed by atoms with Crippen molar-refractivity contribution in [3.63, 3.8) is 0 Å². The largest absolute Gasteiger partial charge is 0.469 e. The number of nitrogens with zero attached hydrogens (tertiary/aromatic N) is 3. The standard InChI is InChI=1S/C14H9N3O2/c1-9-12(5-6-18-9)13-16-14(19-17-13)11-4-2-3-10(7-11)8-15/h2-7H,1H3. The first-order valence-electron chi connectivity index (χ1n) is 5.66. The number of benzene rings is 1. The van der Waals surface area contributed by atoms with Gasteiger partial charge in [0.2, 0.25) is 5.82 Å². The van der Waals surface area contributed by atoms with E-state index in [2.05, 4.69) is 16.2 Å². The zero-order valence-corrected chi connectivity index (χ0v) is 10.1. The Labute approximate surface area is 109 Å². The fourth-order valence-corrected chi connectivity index (χ4v) is 1.79. The Morgan fingerprint density at radius 3 is 2.89 bits per heavy atom. The minimum atomic E-state index is 0.382. The molecule has 5 nitrogen and oxygen atoms in total. The molecule has 0 bridgehead atoms. The molecule has 0 aliphatic carbocycles. The molecule has 0 unspecified atom stereocenters. The molecule has 0 amide bonds. The first kappa shape index (κ1) is 11.2. The lowest BCUT2D eigenvalue weighted by atomic mass is 10.1. The topological polar surface area (TPSA) is 75.8 Å². The molecule has 0 aliphatic rings. The van der Waals surface area contributed by atoms with Crippen LogP contribution < -0.4 is 0 Å². The predicted molar refractivity (Wildman–Crippen MR) is 66.9 cm³/mol. The van der Waals surface area contributed by atoms with Crippen LogP contribution in [-0.2, 0) is 0 Å². The fourth-order valence-electron chi connectivity index (χ4n) is 1.79. The maximum absolute atomic E-state index is 8.87. The Bertz CT molecular complexity index is 765. The van der Waals surface area contributed by atoms with Crippen LogP contribution in [0.25, 0.3) is 22.8 Å². The number of aryl methyl sites for hydroxylation is 1. The molecule has 0 N–H and O–H groups in total. The number of hydrogen-bond acceptors (Lipinski definition) is 5. The summed E-state index contributed by atoms with van der Waals surface area (Å²) in [5, 5.41) is 12.8. The van der Waals surface area contributed by atoms with E-state index in [4.69, 9.17) is 14.2 Å². The van der Waals surface area contributed by atoms with Gasteiger partial charge in [0, 0.05) is 5.56 Å². The maximum atomic E-state index is 8.87. The molecule has 0 saturated carbocycles. The fraction of sp³-hybridized carbons (Fsp3) is 0.0714. The summed E-state index contributed by atoms with van der Waals surface area (Å²) >= 11 is 0. The summed E-state index contributed by atoms with van der Waals surface area (Å²) in [7, 11) is 0. The van der Waals surface area contributed by atoms with E-state index in [1.54, 1.807) is 30.5 Å². The lowest BCUT2D eigenvalue weighted by molar-refractivity contribution is 0.432. The predicted octanol–water partition coefficient (Wildman–Crippen LogP) is 3.18. The first-order chi connectivity index (χ1) is 9.28. The van der Waals surface area contributed by atoms with Crippen molar-refractivity contribution in [2.75, 3.05) is 0 Å². The van der Waals surface area contributed by atoms with E-state index in [9.17, 15) is 0 Å². The van der Waals surface area contributed by atoms with Crippen LogP contribution in [0.2, 0.25) is 0 Å². The van der Waals surface area contributed by atoms with Gasteiger partial charge in [-0.3, -0.25) is 0 Å². The number of nitriles is 1. The van der Waals surface area contributed by atoms with Crippen molar-refractivity contribution in [3.05, 3.63) is 47.9 Å². The molecular weight excluding hydrogens is 242 g/mol. The number of furan rings is 1. The third kappa shape index (κ3) is 2.00. The van der Waals surface area contributed by atoms with Crippen LogP contribution in [0.4, 0.5) is 0 Å². The molecule has 0 fully saturated rings. The van der Waals surface area contributed by atoms with E-state index in [0.29, 0.717) is 17.3 Å². The second kappa shape index (κ2) is 4.42. The lowest BCUT2D eigenvalue weighted by Gasteiger charge is -1.93. The van der Waals surface area contributed by atoms with Gasteiger partial charge in [0.05, 0.1) is 23.5 Å². The van der Waals surface area contributed by atoms with Gasteiger partial charge in [-0.25, -0.2) is 0 Å². The quantitative estimate of drug-likeness (QED) is 0.699. The van der Waals surface area contributed by atoms with Crippen LogP contribution >= 0.6 is 0 Å². The number of aromatic nitrogens is 2. The zero-order valence-electron chi connectivity index (χ0n) is 10.1. The number of hydrogen-bond donors (Lipinski definition) is 0. The van der Waals surface area contributed by atoms with Crippen molar-refractivity contribution in [1.29, 1.82) is 5.26 Å². The second-order valence-corrected chi connectivity index (χ2v) is 4.01. The molecule has 0 spiro atoms. The summed E-state index contributed by atoms with van der Waals surface area (Å²) in [5.41, 5.74) is 2.07. The Hall–Kier alpha value is -2.87. The SMILES string of the molecule is Cc1occc1-c1noc(-c2cccc(C#N)c2)n1. The highest BCUT2D eigenvalue weighted by Crippen LogP contribution is 2.25. The molecule has 3 rings (SSSR count). The molecule has 2 aromatic heterocycles. The highest BCUT2D eigenvalue weighted by molar-refractivity contribution is 5.61. The van der Waals surface area contributed by atoms with Crippen molar-refractivity contribution in [2.24, 2.45) is 0 Å². The molecular formula is C14H9N3O2. The monoisotopic (exact) mass is 251 g/mol. The van der Waals surface area contributed by atoms with E-state index < -0.39 is 0 Å². The van der Waals surface area contributed by atoms with Crippen LogP contribution in [0.3, 0.4) is 0 Å². The molecule has 19 heavy (non-hydrogen) atoms. The van der Waals surface area contributed by atoms with Gasteiger partial charge >= 0.3 is 0 Å². The Morgan fingerprint density at radius 1 is 1.26 bits per heavy atom. The van der Waals surface area contributed by atoms with E-state index in [1.165, 1.54) is 0 Å². The van der Waals surface area contributed by atoms with Crippen molar-refractivity contribution in [2.45, 2.75) is 6.92 Å². The third-order valence-electron chi connectivity index (χ3n) is 2.76. The van der Waals surface area contributed by atoms with Crippen LogP contribution in [0.15, 0.2) is 45.5 Å². The van der Waals surface area contributed by atoms with Gasteiger partial charge in [-0.2, -0.15) is 10.2 Å². The van der Waals surface area contributed by atoms with Gasteiger partial charge in [-0.1, -0.05) is 11.2 Å². The Morgan fingerprint density at radius 2 is 2.16 bits per heavy atom. The summed E-state index contributed by atoms with van der Waals surface area (Å²) in [5.74, 6) is 1.59. The van der Waals surface area contributed by atoms with Crippen LogP contribution in [0, 0.1) is 18.3 Å². The lowest BCUT2D eigenvalue weighted by Crippen LogP contribution is -1.82. The molecule has 0 saturated heterocycles. The molecule has 1 aromatic carbocycles. The van der Waals surface area contributed by atoms with E-state index in [0.717, 1.165) is 16.9 Å². The maximum Gasteiger partial charge on any atom is 0.258 e. The average Bonchev–Trinajstić information content (AvgIpc) is 3.07. The summed E-state index contributed by atoms with van der Waals surface area (Å²) in [6.45, 7) is 1.83. The van der Waals surface area contributed by atoms with Gasteiger partial charge in [-0.15, -0.1) is 0 Å². The molecule has 0 aliphatic heterocycles. The third-order valence-corrected chi connectivity index (χ3v) is 2.76. The molecule has 0 atom stereocenters. The van der Waals surface area contributed by atoms with Crippen LogP contribution in [0.5, 0.6) is 0 Å². The van der Waals surface area contributed by atoms with Crippen molar-refractivity contribution in [3.8, 4) is 28.9 Å². The average molecular weight is 251 g/mol. The van der Waals surface area contributed by atoms with Gasteiger partial charge in [0.15, 0.2) is 0 Å². The molecule has 92 valence electrons. The van der Waals surface area contributed by atoms with Crippen LogP contribution in [0.1, 0.15) is 11.3 Å². The minimum absolute atomic E-state index is 0.382. The molecule has 3 aromatic rings. The molecule has 2 heterocycles. The van der Waals surface area contributed by atoms with Gasteiger partial charge in [0.1, 0.15) is 5.76 Å². The van der Waals surface area contributed by atoms with E-state index in [1.807, 2.05) is 13.0 Å². The highest BCUT2D eigenvalue weighted by Gasteiger charge is 2.14. The summed E-state index contributed by atoms with van der Waals surface area (Å²) in [6.07, 6.45) is 1.58. The minimum Gasteiger partial charge on any atom is -0.469 e. The van der Waals surface area contributed by atoms with Gasteiger partial charge in [-0.05, 0) is 31.2 Å². The molecule has 5 heteroatoms. The van der Waals surface area contributed by atoms with Crippen molar-refractivity contribution >= 4 is 0 Å².